The Morgan fingerprint density at radius 3 is 2.61 bits per heavy atom. The highest BCUT2D eigenvalue weighted by atomic mass is 16.5. The van der Waals surface area contributed by atoms with Gasteiger partial charge in [0.25, 0.3) is 0 Å². The summed E-state index contributed by atoms with van der Waals surface area (Å²) in [5.41, 5.74) is 1.21. The summed E-state index contributed by atoms with van der Waals surface area (Å²) in [4.78, 5) is 0. The van der Waals surface area contributed by atoms with E-state index in [1.165, 1.54) is 5.56 Å². The molecule has 0 heterocycles. The van der Waals surface area contributed by atoms with E-state index in [4.69, 9.17) is 9.47 Å². The van der Waals surface area contributed by atoms with E-state index >= 15 is 0 Å². The van der Waals surface area contributed by atoms with E-state index in [0.717, 1.165) is 37.6 Å². The molecule has 1 aromatic rings. The number of ether oxygens (including phenoxy) is 2. The average Bonchev–Trinajstić information content (AvgIpc) is 2.36. The normalized spacial score (nSPS) is 10.7. The zero-order valence-corrected chi connectivity index (χ0v) is 12.0. The van der Waals surface area contributed by atoms with E-state index in [1.807, 2.05) is 12.1 Å². The summed E-state index contributed by atoms with van der Waals surface area (Å²) in [7, 11) is 1.68. The van der Waals surface area contributed by atoms with Crippen LogP contribution in [0.1, 0.15) is 32.8 Å². The summed E-state index contributed by atoms with van der Waals surface area (Å²) in [5.74, 6) is 2.30. The second-order valence-electron chi connectivity index (χ2n) is 4.80. The number of benzene rings is 1. The van der Waals surface area contributed by atoms with Crippen molar-refractivity contribution in [2.75, 3.05) is 20.3 Å². The summed E-state index contributed by atoms with van der Waals surface area (Å²) in [6.45, 7) is 9.05. The second kappa shape index (κ2) is 7.98. The van der Waals surface area contributed by atoms with Crippen LogP contribution >= 0.6 is 0 Å². The van der Waals surface area contributed by atoms with Crippen molar-refractivity contribution in [3.63, 3.8) is 0 Å². The van der Waals surface area contributed by atoms with Crippen molar-refractivity contribution < 1.29 is 9.47 Å². The van der Waals surface area contributed by atoms with Gasteiger partial charge in [-0.1, -0.05) is 26.8 Å². The maximum Gasteiger partial charge on any atom is 0.161 e. The first-order valence-corrected chi connectivity index (χ1v) is 6.67. The standard InChI is InChI=1S/C15H25NO2/c1-5-16-11-13-6-7-14(15(10-13)17-4)18-9-8-12(2)3/h6-7,10,12,16H,5,8-9,11H2,1-4H3. The molecular weight excluding hydrogens is 226 g/mol. The van der Waals surface area contributed by atoms with Gasteiger partial charge in [-0.2, -0.15) is 0 Å². The van der Waals surface area contributed by atoms with Gasteiger partial charge >= 0.3 is 0 Å². The van der Waals surface area contributed by atoms with Crippen LogP contribution in [0.3, 0.4) is 0 Å². The van der Waals surface area contributed by atoms with Crippen LogP contribution in [0.2, 0.25) is 0 Å². The molecule has 0 atom stereocenters. The molecule has 0 bridgehead atoms. The summed E-state index contributed by atoms with van der Waals surface area (Å²) in [6, 6.07) is 6.11. The predicted octanol–water partition coefficient (Wildman–Crippen LogP) is 3.23. The summed E-state index contributed by atoms with van der Waals surface area (Å²) < 4.78 is 11.1. The smallest absolute Gasteiger partial charge is 0.161 e. The number of nitrogens with one attached hydrogen (secondary N) is 1. The molecule has 0 spiro atoms. The minimum Gasteiger partial charge on any atom is -0.493 e. The van der Waals surface area contributed by atoms with Crippen LogP contribution in [0.4, 0.5) is 0 Å². The molecule has 0 unspecified atom stereocenters. The quantitative estimate of drug-likeness (QED) is 0.769. The van der Waals surface area contributed by atoms with E-state index < -0.39 is 0 Å². The highest BCUT2D eigenvalue weighted by Gasteiger charge is 2.06. The molecule has 0 aromatic heterocycles. The van der Waals surface area contributed by atoms with Gasteiger partial charge in [-0.05, 0) is 36.6 Å². The van der Waals surface area contributed by atoms with Gasteiger partial charge in [0.05, 0.1) is 13.7 Å². The summed E-state index contributed by atoms with van der Waals surface area (Å²) in [6.07, 6.45) is 1.06. The van der Waals surface area contributed by atoms with Gasteiger partial charge in [-0.25, -0.2) is 0 Å². The highest BCUT2D eigenvalue weighted by molar-refractivity contribution is 5.42. The highest BCUT2D eigenvalue weighted by Crippen LogP contribution is 2.28. The lowest BCUT2D eigenvalue weighted by molar-refractivity contribution is 0.273. The van der Waals surface area contributed by atoms with Crippen molar-refractivity contribution >= 4 is 0 Å². The Morgan fingerprint density at radius 1 is 1.22 bits per heavy atom. The molecule has 0 amide bonds. The van der Waals surface area contributed by atoms with Crippen LogP contribution < -0.4 is 14.8 Å². The molecule has 0 aliphatic rings. The lowest BCUT2D eigenvalue weighted by Gasteiger charge is -2.13. The Bertz CT molecular complexity index is 350. The molecule has 18 heavy (non-hydrogen) atoms. The van der Waals surface area contributed by atoms with Crippen molar-refractivity contribution in [1.82, 2.24) is 5.32 Å². The van der Waals surface area contributed by atoms with Gasteiger partial charge in [0.1, 0.15) is 0 Å². The molecule has 0 aliphatic carbocycles. The van der Waals surface area contributed by atoms with Crippen LogP contribution in [-0.4, -0.2) is 20.3 Å². The van der Waals surface area contributed by atoms with Crippen molar-refractivity contribution in [3.05, 3.63) is 23.8 Å². The fourth-order valence-electron chi connectivity index (χ4n) is 1.62. The van der Waals surface area contributed by atoms with E-state index in [0.29, 0.717) is 5.92 Å². The Kier molecular flexibility index (Phi) is 6.58. The van der Waals surface area contributed by atoms with Crippen molar-refractivity contribution in [2.24, 2.45) is 5.92 Å². The molecule has 3 heteroatoms. The fraction of sp³-hybridized carbons (Fsp3) is 0.600. The number of hydrogen-bond acceptors (Lipinski definition) is 3. The van der Waals surface area contributed by atoms with Gasteiger partial charge in [-0.15, -0.1) is 0 Å². The van der Waals surface area contributed by atoms with Crippen LogP contribution in [0, 0.1) is 5.92 Å². The zero-order valence-electron chi connectivity index (χ0n) is 12.0. The third kappa shape index (κ3) is 4.96. The Labute approximate surface area is 110 Å². The van der Waals surface area contributed by atoms with Gasteiger partial charge in [0, 0.05) is 6.54 Å². The molecular formula is C15H25NO2. The van der Waals surface area contributed by atoms with E-state index in [9.17, 15) is 0 Å². The average molecular weight is 251 g/mol. The minimum absolute atomic E-state index is 0.657. The summed E-state index contributed by atoms with van der Waals surface area (Å²) >= 11 is 0. The maximum absolute atomic E-state index is 5.75. The van der Waals surface area contributed by atoms with Gasteiger partial charge in [0.15, 0.2) is 11.5 Å². The zero-order chi connectivity index (χ0) is 13.4. The molecule has 0 aliphatic heterocycles. The molecule has 0 fully saturated rings. The molecule has 0 saturated carbocycles. The predicted molar refractivity (Wildman–Crippen MR) is 75.3 cm³/mol. The van der Waals surface area contributed by atoms with Crippen molar-refractivity contribution in [3.8, 4) is 11.5 Å². The fourth-order valence-corrected chi connectivity index (χ4v) is 1.62. The monoisotopic (exact) mass is 251 g/mol. The van der Waals surface area contributed by atoms with Crippen LogP contribution in [0.25, 0.3) is 0 Å². The Morgan fingerprint density at radius 2 is 2.00 bits per heavy atom. The first-order valence-electron chi connectivity index (χ1n) is 6.67. The van der Waals surface area contributed by atoms with Crippen LogP contribution in [0.15, 0.2) is 18.2 Å². The van der Waals surface area contributed by atoms with Crippen molar-refractivity contribution in [1.29, 1.82) is 0 Å². The third-order valence-corrected chi connectivity index (χ3v) is 2.76. The Hall–Kier alpha value is -1.22. The van der Waals surface area contributed by atoms with Crippen molar-refractivity contribution in [2.45, 2.75) is 33.7 Å². The lowest BCUT2D eigenvalue weighted by Crippen LogP contribution is -2.11. The molecule has 0 saturated heterocycles. The largest absolute Gasteiger partial charge is 0.493 e. The topological polar surface area (TPSA) is 30.5 Å². The van der Waals surface area contributed by atoms with Gasteiger partial charge < -0.3 is 14.8 Å². The molecule has 102 valence electrons. The molecule has 0 radical (unpaired) electrons. The number of rotatable bonds is 8. The molecule has 1 rings (SSSR count). The molecule has 3 nitrogen and oxygen atoms in total. The second-order valence-corrected chi connectivity index (χ2v) is 4.80. The number of methoxy groups -OCH3 is 1. The van der Waals surface area contributed by atoms with E-state index in [1.54, 1.807) is 7.11 Å². The Balaban J connectivity index is 2.61. The van der Waals surface area contributed by atoms with Crippen LogP contribution in [-0.2, 0) is 6.54 Å². The lowest BCUT2D eigenvalue weighted by atomic mass is 10.1. The van der Waals surface area contributed by atoms with E-state index in [-0.39, 0.29) is 0 Å². The first-order chi connectivity index (χ1) is 8.67. The van der Waals surface area contributed by atoms with E-state index in [2.05, 4.69) is 32.2 Å². The number of hydrogen-bond donors (Lipinski definition) is 1. The SMILES string of the molecule is CCNCc1ccc(OCCC(C)C)c(OC)c1. The first kappa shape index (κ1) is 14.8. The molecule has 1 aromatic carbocycles. The van der Waals surface area contributed by atoms with Crippen LogP contribution in [0.5, 0.6) is 11.5 Å². The summed E-state index contributed by atoms with van der Waals surface area (Å²) in [5, 5.41) is 3.30. The maximum atomic E-state index is 5.75. The minimum atomic E-state index is 0.657. The van der Waals surface area contributed by atoms with Gasteiger partial charge in [-0.3, -0.25) is 0 Å². The molecule has 1 N–H and O–H groups in total. The third-order valence-electron chi connectivity index (χ3n) is 2.76. The van der Waals surface area contributed by atoms with Gasteiger partial charge in [0.2, 0.25) is 0 Å².